The molecular formula is C13H16N2O2. The number of hydrogen-bond donors (Lipinski definition) is 2. The average Bonchev–Trinajstić information content (AvgIpc) is 2.81. The van der Waals surface area contributed by atoms with Crippen molar-refractivity contribution >= 4 is 16.7 Å². The maximum Gasteiger partial charge on any atom is 0.136 e. The molecule has 0 bridgehead atoms. The van der Waals surface area contributed by atoms with Crippen molar-refractivity contribution in [1.29, 1.82) is 0 Å². The van der Waals surface area contributed by atoms with Crippen LogP contribution in [0.4, 0.5) is 5.69 Å². The number of anilines is 1. The Balaban J connectivity index is 1.68. The molecule has 17 heavy (non-hydrogen) atoms. The molecular weight excluding hydrogens is 216 g/mol. The van der Waals surface area contributed by atoms with Crippen LogP contribution in [0.15, 0.2) is 34.9 Å². The van der Waals surface area contributed by atoms with E-state index in [1.54, 1.807) is 6.26 Å². The topological polar surface area (TPSA) is 46.4 Å². The molecule has 3 rings (SSSR count). The molecule has 1 aliphatic heterocycles. The quantitative estimate of drug-likeness (QED) is 0.847. The first kappa shape index (κ1) is 10.6. The van der Waals surface area contributed by atoms with Gasteiger partial charge in [-0.05, 0) is 12.1 Å². The summed E-state index contributed by atoms with van der Waals surface area (Å²) in [6, 6.07) is 8.02. The summed E-state index contributed by atoms with van der Waals surface area (Å²) in [7, 11) is 0. The minimum Gasteiger partial charge on any atom is -0.462 e. The van der Waals surface area contributed by atoms with E-state index in [-0.39, 0.29) is 6.10 Å². The lowest BCUT2D eigenvalue weighted by Crippen LogP contribution is -2.42. The summed E-state index contributed by atoms with van der Waals surface area (Å²) in [6.07, 6.45) is 2.00. The summed E-state index contributed by atoms with van der Waals surface area (Å²) >= 11 is 0. The molecule has 0 aliphatic carbocycles. The minimum atomic E-state index is 0.234. The van der Waals surface area contributed by atoms with Gasteiger partial charge in [-0.3, -0.25) is 0 Å². The third-order valence-corrected chi connectivity index (χ3v) is 3.01. The Bertz CT molecular complexity index is 489. The molecule has 0 saturated carbocycles. The van der Waals surface area contributed by atoms with Gasteiger partial charge >= 0.3 is 0 Å². The first-order valence-electron chi connectivity index (χ1n) is 5.96. The Labute approximate surface area is 99.9 Å². The van der Waals surface area contributed by atoms with Gasteiger partial charge in [0.05, 0.1) is 18.4 Å². The van der Waals surface area contributed by atoms with E-state index in [2.05, 4.69) is 16.7 Å². The van der Waals surface area contributed by atoms with Crippen molar-refractivity contribution < 1.29 is 9.15 Å². The van der Waals surface area contributed by atoms with E-state index < -0.39 is 0 Å². The van der Waals surface area contributed by atoms with Crippen molar-refractivity contribution in [2.24, 2.45) is 0 Å². The average molecular weight is 232 g/mol. The Kier molecular flexibility index (Phi) is 2.98. The Hall–Kier alpha value is -1.52. The summed E-state index contributed by atoms with van der Waals surface area (Å²) in [5.41, 5.74) is 1.95. The van der Waals surface area contributed by atoms with Crippen LogP contribution in [0.25, 0.3) is 11.0 Å². The number of ether oxygens (including phenoxy) is 1. The molecule has 0 spiro atoms. The van der Waals surface area contributed by atoms with Gasteiger partial charge in [0.25, 0.3) is 0 Å². The number of para-hydroxylation sites is 1. The number of fused-ring (bicyclic) bond motifs is 1. The van der Waals surface area contributed by atoms with Crippen LogP contribution in [-0.2, 0) is 4.74 Å². The van der Waals surface area contributed by atoms with Gasteiger partial charge < -0.3 is 19.8 Å². The molecule has 0 amide bonds. The predicted octanol–water partition coefficient (Wildman–Crippen LogP) is 1.83. The third-order valence-electron chi connectivity index (χ3n) is 3.01. The van der Waals surface area contributed by atoms with Gasteiger partial charge in [0.15, 0.2) is 0 Å². The molecule has 4 heteroatoms. The van der Waals surface area contributed by atoms with E-state index in [0.717, 1.165) is 42.9 Å². The van der Waals surface area contributed by atoms with Gasteiger partial charge in [0.2, 0.25) is 0 Å². The summed E-state index contributed by atoms with van der Waals surface area (Å²) in [5.74, 6) is 0. The predicted molar refractivity (Wildman–Crippen MR) is 67.3 cm³/mol. The minimum absolute atomic E-state index is 0.234. The smallest absolute Gasteiger partial charge is 0.136 e. The van der Waals surface area contributed by atoms with E-state index in [4.69, 9.17) is 9.15 Å². The van der Waals surface area contributed by atoms with Gasteiger partial charge in [-0.15, -0.1) is 0 Å². The molecule has 1 saturated heterocycles. The highest BCUT2D eigenvalue weighted by molar-refractivity contribution is 5.90. The van der Waals surface area contributed by atoms with Crippen LogP contribution in [0, 0.1) is 0 Å². The van der Waals surface area contributed by atoms with E-state index in [9.17, 15) is 0 Å². The van der Waals surface area contributed by atoms with E-state index in [1.807, 2.05) is 18.2 Å². The number of nitrogens with one attached hydrogen (secondary N) is 2. The summed E-state index contributed by atoms with van der Waals surface area (Å²) in [5, 5.41) is 7.81. The van der Waals surface area contributed by atoms with Gasteiger partial charge in [-0.25, -0.2) is 0 Å². The van der Waals surface area contributed by atoms with Crippen LogP contribution in [-0.4, -0.2) is 32.3 Å². The standard InChI is InChI=1S/C13H16N2O2/c1-2-4-13-11(3-1)12(9-17-13)15-8-10-7-14-5-6-16-10/h1-4,9-10,14-15H,5-8H2. The Morgan fingerprint density at radius 3 is 3.18 bits per heavy atom. The maximum atomic E-state index is 5.63. The molecule has 1 fully saturated rings. The third kappa shape index (κ3) is 2.28. The fourth-order valence-corrected chi connectivity index (χ4v) is 2.09. The van der Waals surface area contributed by atoms with Crippen molar-refractivity contribution in [3.63, 3.8) is 0 Å². The molecule has 1 atom stereocenters. The zero-order valence-corrected chi connectivity index (χ0v) is 9.61. The van der Waals surface area contributed by atoms with Crippen molar-refractivity contribution in [3.05, 3.63) is 30.5 Å². The van der Waals surface area contributed by atoms with Crippen LogP contribution in [0.3, 0.4) is 0 Å². The molecule has 4 nitrogen and oxygen atoms in total. The van der Waals surface area contributed by atoms with E-state index in [0.29, 0.717) is 0 Å². The largest absolute Gasteiger partial charge is 0.462 e. The molecule has 1 aliphatic rings. The number of morpholine rings is 1. The zero-order valence-electron chi connectivity index (χ0n) is 9.61. The second kappa shape index (κ2) is 4.77. The monoisotopic (exact) mass is 232 g/mol. The second-order valence-electron chi connectivity index (χ2n) is 4.22. The summed E-state index contributed by atoms with van der Waals surface area (Å²) in [6.45, 7) is 3.45. The number of furan rings is 1. The highest BCUT2D eigenvalue weighted by atomic mass is 16.5. The van der Waals surface area contributed by atoms with Crippen molar-refractivity contribution in [2.75, 3.05) is 31.6 Å². The lowest BCUT2D eigenvalue weighted by atomic mass is 10.2. The van der Waals surface area contributed by atoms with E-state index in [1.165, 1.54) is 0 Å². The lowest BCUT2D eigenvalue weighted by Gasteiger charge is -2.23. The molecule has 90 valence electrons. The molecule has 2 aromatic rings. The first-order valence-corrected chi connectivity index (χ1v) is 5.96. The fraction of sp³-hybridized carbons (Fsp3) is 0.385. The van der Waals surface area contributed by atoms with Gasteiger partial charge in [0.1, 0.15) is 11.8 Å². The highest BCUT2D eigenvalue weighted by Gasteiger charge is 2.13. The van der Waals surface area contributed by atoms with Crippen LogP contribution >= 0.6 is 0 Å². The molecule has 1 aromatic carbocycles. The van der Waals surface area contributed by atoms with Crippen LogP contribution in [0.1, 0.15) is 0 Å². The van der Waals surface area contributed by atoms with Crippen molar-refractivity contribution in [2.45, 2.75) is 6.10 Å². The van der Waals surface area contributed by atoms with Crippen molar-refractivity contribution in [1.82, 2.24) is 5.32 Å². The van der Waals surface area contributed by atoms with Gasteiger partial charge in [-0.2, -0.15) is 0 Å². The fourth-order valence-electron chi connectivity index (χ4n) is 2.09. The lowest BCUT2D eigenvalue weighted by molar-refractivity contribution is 0.0372. The molecule has 2 N–H and O–H groups in total. The number of hydrogen-bond acceptors (Lipinski definition) is 4. The Morgan fingerprint density at radius 2 is 2.29 bits per heavy atom. The maximum absolute atomic E-state index is 5.63. The highest BCUT2D eigenvalue weighted by Crippen LogP contribution is 2.25. The number of rotatable bonds is 3. The summed E-state index contributed by atoms with van der Waals surface area (Å²) in [4.78, 5) is 0. The van der Waals surface area contributed by atoms with Crippen molar-refractivity contribution in [3.8, 4) is 0 Å². The first-order chi connectivity index (χ1) is 8.43. The van der Waals surface area contributed by atoms with E-state index >= 15 is 0 Å². The van der Waals surface area contributed by atoms with Gasteiger partial charge in [0, 0.05) is 25.0 Å². The SMILES string of the molecule is c1ccc2c(NCC3CNCCO3)coc2c1. The van der Waals surface area contributed by atoms with Crippen LogP contribution in [0.2, 0.25) is 0 Å². The normalized spacial score (nSPS) is 20.6. The molecule has 1 unspecified atom stereocenters. The van der Waals surface area contributed by atoms with Crippen LogP contribution < -0.4 is 10.6 Å². The second-order valence-corrected chi connectivity index (χ2v) is 4.22. The molecule has 0 radical (unpaired) electrons. The summed E-state index contributed by atoms with van der Waals surface area (Å²) < 4.78 is 11.1. The van der Waals surface area contributed by atoms with Gasteiger partial charge in [-0.1, -0.05) is 12.1 Å². The Morgan fingerprint density at radius 1 is 1.35 bits per heavy atom. The number of benzene rings is 1. The zero-order chi connectivity index (χ0) is 11.5. The molecule has 1 aromatic heterocycles. The molecule has 2 heterocycles. The van der Waals surface area contributed by atoms with Crippen LogP contribution in [0.5, 0.6) is 0 Å².